The second kappa shape index (κ2) is 7.10. The summed E-state index contributed by atoms with van der Waals surface area (Å²) in [6, 6.07) is 18.2. The fraction of sp³-hybridized carbons (Fsp3) is 0.158. The summed E-state index contributed by atoms with van der Waals surface area (Å²) in [5, 5.41) is 16.2. The molecule has 2 N–H and O–H groups in total. The summed E-state index contributed by atoms with van der Waals surface area (Å²) in [4.78, 5) is 12.3. The standard InChI is InChI=1S/C19H18N2O3/c1-13-7-9-15(10-8-13)16-11-18(24-21-16)19(23)20-17(12-22)14-5-3-2-4-6-14/h2-11,17,22H,12H2,1H3,(H,20,23)/t17-/m1/s1. The molecule has 2 aromatic carbocycles. The molecular weight excluding hydrogens is 304 g/mol. The fourth-order valence-electron chi connectivity index (χ4n) is 2.39. The Bertz CT molecular complexity index is 810. The molecule has 0 aliphatic heterocycles. The molecular formula is C19H18N2O3. The Hall–Kier alpha value is -2.92. The Morgan fingerprint density at radius 2 is 1.88 bits per heavy atom. The summed E-state index contributed by atoms with van der Waals surface area (Å²) >= 11 is 0. The largest absolute Gasteiger partial charge is 0.394 e. The van der Waals surface area contributed by atoms with Crippen LogP contribution in [-0.4, -0.2) is 22.8 Å². The molecule has 3 aromatic rings. The van der Waals surface area contributed by atoms with E-state index in [1.807, 2.05) is 61.5 Å². The molecule has 0 spiro atoms. The number of carbonyl (C=O) groups is 1. The molecule has 5 heteroatoms. The van der Waals surface area contributed by atoms with E-state index in [0.29, 0.717) is 5.69 Å². The number of benzene rings is 2. The first-order valence-corrected chi connectivity index (χ1v) is 7.68. The van der Waals surface area contributed by atoms with Gasteiger partial charge in [-0.3, -0.25) is 4.79 Å². The molecule has 0 fully saturated rings. The third-order valence-corrected chi connectivity index (χ3v) is 3.77. The predicted octanol–water partition coefficient (Wildman–Crippen LogP) is 3.11. The van der Waals surface area contributed by atoms with Crippen LogP contribution < -0.4 is 5.32 Å². The lowest BCUT2D eigenvalue weighted by atomic mass is 10.1. The molecule has 1 aromatic heterocycles. The van der Waals surface area contributed by atoms with Crippen molar-refractivity contribution in [2.75, 3.05) is 6.61 Å². The molecule has 1 heterocycles. The van der Waals surface area contributed by atoms with Crippen molar-refractivity contribution in [2.24, 2.45) is 0 Å². The van der Waals surface area contributed by atoms with Crippen molar-refractivity contribution in [2.45, 2.75) is 13.0 Å². The molecule has 5 nitrogen and oxygen atoms in total. The highest BCUT2D eigenvalue weighted by atomic mass is 16.5. The highest BCUT2D eigenvalue weighted by molar-refractivity contribution is 5.92. The van der Waals surface area contributed by atoms with Gasteiger partial charge in [0.1, 0.15) is 5.69 Å². The van der Waals surface area contributed by atoms with Gasteiger partial charge < -0.3 is 14.9 Å². The van der Waals surface area contributed by atoms with Crippen molar-refractivity contribution in [1.82, 2.24) is 10.5 Å². The third-order valence-electron chi connectivity index (χ3n) is 3.77. The van der Waals surface area contributed by atoms with Gasteiger partial charge in [0, 0.05) is 11.6 Å². The lowest BCUT2D eigenvalue weighted by molar-refractivity contribution is 0.0879. The van der Waals surface area contributed by atoms with Crippen LogP contribution in [0.1, 0.15) is 27.7 Å². The zero-order valence-electron chi connectivity index (χ0n) is 13.3. The first-order valence-electron chi connectivity index (χ1n) is 7.68. The molecule has 0 bridgehead atoms. The van der Waals surface area contributed by atoms with E-state index < -0.39 is 11.9 Å². The smallest absolute Gasteiger partial charge is 0.290 e. The number of rotatable bonds is 5. The van der Waals surface area contributed by atoms with Gasteiger partial charge in [0.2, 0.25) is 5.76 Å². The van der Waals surface area contributed by atoms with Crippen LogP contribution in [0.15, 0.2) is 65.2 Å². The number of aliphatic hydroxyl groups is 1. The Kier molecular flexibility index (Phi) is 4.72. The predicted molar refractivity (Wildman–Crippen MR) is 90.4 cm³/mol. The van der Waals surface area contributed by atoms with Gasteiger partial charge in [0.05, 0.1) is 12.6 Å². The number of nitrogens with zero attached hydrogens (tertiary/aromatic N) is 1. The van der Waals surface area contributed by atoms with Crippen molar-refractivity contribution in [1.29, 1.82) is 0 Å². The minimum absolute atomic E-state index is 0.111. The van der Waals surface area contributed by atoms with Crippen LogP contribution in [-0.2, 0) is 0 Å². The van der Waals surface area contributed by atoms with Crippen LogP contribution >= 0.6 is 0 Å². The second-order valence-electron chi connectivity index (χ2n) is 5.56. The normalized spacial score (nSPS) is 11.9. The van der Waals surface area contributed by atoms with Crippen LogP contribution in [0.5, 0.6) is 0 Å². The van der Waals surface area contributed by atoms with Crippen molar-refractivity contribution in [3.05, 3.63) is 77.6 Å². The molecule has 0 saturated carbocycles. The minimum atomic E-state index is -0.494. The Labute approximate surface area is 139 Å². The topological polar surface area (TPSA) is 75.4 Å². The Morgan fingerprint density at radius 3 is 2.54 bits per heavy atom. The van der Waals surface area contributed by atoms with Crippen molar-refractivity contribution in [3.63, 3.8) is 0 Å². The highest BCUT2D eigenvalue weighted by Crippen LogP contribution is 2.20. The molecule has 0 aliphatic rings. The van der Waals surface area contributed by atoms with E-state index >= 15 is 0 Å². The summed E-state index contributed by atoms with van der Waals surface area (Å²) in [5.41, 5.74) is 3.45. The monoisotopic (exact) mass is 322 g/mol. The first kappa shape index (κ1) is 16.0. The molecule has 0 radical (unpaired) electrons. The number of nitrogens with one attached hydrogen (secondary N) is 1. The first-order chi connectivity index (χ1) is 11.7. The van der Waals surface area contributed by atoms with Crippen LogP contribution in [0, 0.1) is 6.92 Å². The van der Waals surface area contributed by atoms with E-state index in [2.05, 4.69) is 10.5 Å². The number of aromatic nitrogens is 1. The number of aryl methyl sites for hydroxylation is 1. The van der Waals surface area contributed by atoms with Gasteiger partial charge in [-0.25, -0.2) is 0 Å². The summed E-state index contributed by atoms with van der Waals surface area (Å²) in [6.07, 6.45) is 0. The molecule has 122 valence electrons. The van der Waals surface area contributed by atoms with E-state index in [0.717, 1.165) is 16.7 Å². The van der Waals surface area contributed by atoms with Gasteiger partial charge in [-0.15, -0.1) is 0 Å². The summed E-state index contributed by atoms with van der Waals surface area (Å²) < 4.78 is 5.15. The number of carbonyl (C=O) groups excluding carboxylic acids is 1. The van der Waals surface area contributed by atoms with E-state index in [-0.39, 0.29) is 12.4 Å². The van der Waals surface area contributed by atoms with E-state index in [4.69, 9.17) is 4.52 Å². The lowest BCUT2D eigenvalue weighted by Gasteiger charge is -2.15. The molecule has 24 heavy (non-hydrogen) atoms. The summed E-state index contributed by atoms with van der Waals surface area (Å²) in [5.74, 6) is -0.302. The summed E-state index contributed by atoms with van der Waals surface area (Å²) in [7, 11) is 0. The van der Waals surface area contributed by atoms with Gasteiger partial charge in [0.25, 0.3) is 5.91 Å². The van der Waals surface area contributed by atoms with Crippen molar-refractivity contribution < 1.29 is 14.4 Å². The van der Waals surface area contributed by atoms with E-state index in [9.17, 15) is 9.90 Å². The van der Waals surface area contributed by atoms with Crippen molar-refractivity contribution in [3.8, 4) is 11.3 Å². The Balaban J connectivity index is 1.75. The van der Waals surface area contributed by atoms with E-state index in [1.165, 1.54) is 0 Å². The maximum Gasteiger partial charge on any atom is 0.290 e. The molecule has 0 unspecified atom stereocenters. The van der Waals surface area contributed by atoms with Crippen LogP contribution in [0.3, 0.4) is 0 Å². The van der Waals surface area contributed by atoms with Gasteiger partial charge in [-0.2, -0.15) is 0 Å². The van der Waals surface area contributed by atoms with Crippen LogP contribution in [0.2, 0.25) is 0 Å². The molecule has 3 rings (SSSR count). The van der Waals surface area contributed by atoms with Gasteiger partial charge in [-0.1, -0.05) is 65.3 Å². The SMILES string of the molecule is Cc1ccc(-c2cc(C(=O)N[C@H](CO)c3ccccc3)on2)cc1. The molecule has 0 aliphatic carbocycles. The van der Waals surface area contributed by atoms with Gasteiger partial charge >= 0.3 is 0 Å². The van der Waals surface area contributed by atoms with Crippen molar-refractivity contribution >= 4 is 5.91 Å². The second-order valence-corrected chi connectivity index (χ2v) is 5.56. The van der Waals surface area contributed by atoms with Crippen LogP contribution in [0.25, 0.3) is 11.3 Å². The average Bonchev–Trinajstić information content (AvgIpc) is 3.11. The Morgan fingerprint density at radius 1 is 1.17 bits per heavy atom. The summed E-state index contributed by atoms with van der Waals surface area (Å²) in [6.45, 7) is 1.80. The molecule has 0 saturated heterocycles. The maximum absolute atomic E-state index is 12.3. The van der Waals surface area contributed by atoms with Crippen LogP contribution in [0.4, 0.5) is 0 Å². The number of amides is 1. The van der Waals surface area contributed by atoms with Gasteiger partial charge in [-0.05, 0) is 12.5 Å². The molecule has 1 atom stereocenters. The minimum Gasteiger partial charge on any atom is -0.394 e. The lowest BCUT2D eigenvalue weighted by Crippen LogP contribution is -2.30. The van der Waals surface area contributed by atoms with Gasteiger partial charge in [0.15, 0.2) is 0 Å². The third kappa shape index (κ3) is 3.52. The average molecular weight is 322 g/mol. The zero-order valence-corrected chi connectivity index (χ0v) is 13.3. The molecule has 1 amide bonds. The number of hydrogen-bond acceptors (Lipinski definition) is 4. The number of hydrogen-bond donors (Lipinski definition) is 2. The quantitative estimate of drug-likeness (QED) is 0.757. The zero-order chi connectivity index (χ0) is 16.9. The highest BCUT2D eigenvalue weighted by Gasteiger charge is 2.19. The maximum atomic E-state index is 12.3. The fourth-order valence-corrected chi connectivity index (χ4v) is 2.39. The number of aliphatic hydroxyl groups excluding tert-OH is 1. The van der Waals surface area contributed by atoms with E-state index in [1.54, 1.807) is 6.07 Å².